The van der Waals surface area contributed by atoms with Crippen LogP contribution in [-0.2, 0) is 6.54 Å². The average Bonchev–Trinajstić information content (AvgIpc) is 2.43. The largest absolute Gasteiger partial charge is 0.332 e. The van der Waals surface area contributed by atoms with Crippen LogP contribution in [0.1, 0.15) is 12.9 Å². The van der Waals surface area contributed by atoms with E-state index in [4.69, 9.17) is 12.2 Å². The number of aromatic amines is 1. The number of fused-ring (bicyclic) bond motifs is 1. The number of hydrogen-bond donors (Lipinski definition) is 1. The molecule has 0 aliphatic rings. The fraction of sp³-hybridized carbons (Fsp3) is 0.143. The van der Waals surface area contributed by atoms with Crippen LogP contribution in [-0.4, -0.2) is 19.5 Å². The van der Waals surface area contributed by atoms with E-state index in [1.807, 2.05) is 25.1 Å². The zero-order chi connectivity index (χ0) is 14.1. The third-order valence-electron chi connectivity index (χ3n) is 3.04. The van der Waals surface area contributed by atoms with Gasteiger partial charge in [-0.25, -0.2) is 9.97 Å². The Morgan fingerprint density at radius 1 is 1.35 bits per heavy atom. The van der Waals surface area contributed by atoms with Crippen molar-refractivity contribution in [3.8, 4) is 0 Å². The molecule has 0 aliphatic carbocycles. The fourth-order valence-corrected chi connectivity index (χ4v) is 2.36. The molecule has 20 heavy (non-hydrogen) atoms. The molecule has 0 radical (unpaired) electrons. The molecule has 1 N–H and O–H groups in total. The predicted molar refractivity (Wildman–Crippen MR) is 81.4 cm³/mol. The fourth-order valence-electron chi connectivity index (χ4n) is 2.10. The van der Waals surface area contributed by atoms with Crippen LogP contribution in [0.4, 0.5) is 0 Å². The zero-order valence-corrected chi connectivity index (χ0v) is 11.6. The van der Waals surface area contributed by atoms with Gasteiger partial charge in [0.1, 0.15) is 5.82 Å². The summed E-state index contributed by atoms with van der Waals surface area (Å²) in [5.41, 5.74) is 1.40. The molecule has 102 valence electrons. The number of aryl methyl sites for hydroxylation is 1. The summed E-state index contributed by atoms with van der Waals surface area (Å²) < 4.78 is 1.91. The van der Waals surface area contributed by atoms with Crippen molar-refractivity contribution in [3.05, 3.63) is 63.2 Å². The number of hydrogen-bond acceptors (Lipinski definition) is 4. The summed E-state index contributed by atoms with van der Waals surface area (Å²) >= 11 is 5.26. The summed E-state index contributed by atoms with van der Waals surface area (Å²) in [7, 11) is 0. The highest BCUT2D eigenvalue weighted by atomic mass is 32.1. The molecule has 0 spiro atoms. The van der Waals surface area contributed by atoms with Gasteiger partial charge in [-0.05, 0) is 37.3 Å². The quantitative estimate of drug-likeness (QED) is 0.735. The van der Waals surface area contributed by atoms with E-state index in [1.165, 1.54) is 4.57 Å². The van der Waals surface area contributed by atoms with E-state index in [0.29, 0.717) is 22.5 Å². The number of nitrogens with one attached hydrogen (secondary N) is 1. The number of para-hydroxylation sites is 1. The molecule has 0 bridgehead atoms. The van der Waals surface area contributed by atoms with Gasteiger partial charge in [0, 0.05) is 7.62 Å². The van der Waals surface area contributed by atoms with Crippen LogP contribution in [0.15, 0.2) is 41.3 Å². The zero-order valence-electron chi connectivity index (χ0n) is 10.8. The minimum atomic E-state index is -0.111. The van der Waals surface area contributed by atoms with Crippen molar-refractivity contribution >= 4 is 23.1 Å². The van der Waals surface area contributed by atoms with E-state index in [2.05, 4.69) is 15.0 Å². The molecule has 0 unspecified atom stereocenters. The molecule has 0 saturated carbocycles. The highest BCUT2D eigenvalue weighted by molar-refractivity contribution is 7.71. The van der Waals surface area contributed by atoms with E-state index in [1.54, 1.807) is 18.3 Å². The molecule has 2 aromatic heterocycles. The molecule has 6 heteroatoms. The molecule has 0 aliphatic heterocycles. The van der Waals surface area contributed by atoms with Gasteiger partial charge in [-0.15, -0.1) is 0 Å². The van der Waals surface area contributed by atoms with Gasteiger partial charge in [-0.3, -0.25) is 9.36 Å². The summed E-state index contributed by atoms with van der Waals surface area (Å²) in [6, 6.07) is 9.10. The Balaban J connectivity index is 0.00000161. The monoisotopic (exact) mass is 286 g/mol. The van der Waals surface area contributed by atoms with E-state index < -0.39 is 0 Å². The summed E-state index contributed by atoms with van der Waals surface area (Å²) in [4.78, 5) is 23.9. The lowest BCUT2D eigenvalue weighted by atomic mass is 10.2. The molecule has 3 aromatic rings. The van der Waals surface area contributed by atoms with Crippen molar-refractivity contribution < 1.29 is 1.43 Å². The highest BCUT2D eigenvalue weighted by Crippen LogP contribution is 2.07. The van der Waals surface area contributed by atoms with Gasteiger partial charge in [0.15, 0.2) is 4.77 Å². The minimum absolute atomic E-state index is 0. The van der Waals surface area contributed by atoms with Gasteiger partial charge in [0.05, 0.1) is 23.1 Å². The molecule has 3 rings (SSSR count). The summed E-state index contributed by atoms with van der Waals surface area (Å²) in [6.07, 6.45) is 1.68. The molecule has 5 nitrogen and oxygen atoms in total. The van der Waals surface area contributed by atoms with Gasteiger partial charge in [-0.1, -0.05) is 12.1 Å². The third kappa shape index (κ3) is 2.25. The van der Waals surface area contributed by atoms with E-state index in [9.17, 15) is 4.79 Å². The Bertz CT molecular complexity index is 903. The first-order valence-corrected chi connectivity index (χ1v) is 6.56. The van der Waals surface area contributed by atoms with Crippen molar-refractivity contribution in [1.82, 2.24) is 19.5 Å². The second kappa shape index (κ2) is 4.97. The molecule has 0 saturated heterocycles. The lowest BCUT2D eigenvalue weighted by Gasteiger charge is -2.07. The third-order valence-corrected chi connectivity index (χ3v) is 3.37. The summed E-state index contributed by atoms with van der Waals surface area (Å²) in [5, 5.41) is 0.617. The lowest BCUT2D eigenvalue weighted by Crippen LogP contribution is -2.23. The van der Waals surface area contributed by atoms with E-state index >= 15 is 0 Å². The van der Waals surface area contributed by atoms with Gasteiger partial charge in [0.25, 0.3) is 5.56 Å². The number of H-pyrrole nitrogens is 1. The molecular weight excluding hydrogens is 272 g/mol. The highest BCUT2D eigenvalue weighted by Gasteiger charge is 2.06. The van der Waals surface area contributed by atoms with Gasteiger partial charge in [0.2, 0.25) is 0 Å². The normalized spacial score (nSPS) is 10.8. The van der Waals surface area contributed by atoms with Crippen molar-refractivity contribution in [2.24, 2.45) is 0 Å². The lowest BCUT2D eigenvalue weighted by molar-refractivity contribution is 0.710. The van der Waals surface area contributed by atoms with Crippen LogP contribution >= 0.6 is 12.2 Å². The van der Waals surface area contributed by atoms with Gasteiger partial charge < -0.3 is 4.98 Å². The SMILES string of the molecule is Cc1nccc(Cn2c(=S)[nH]c3ccccc3c2=O)n1.[HH]. The van der Waals surface area contributed by atoms with Crippen molar-refractivity contribution in [3.63, 3.8) is 0 Å². The van der Waals surface area contributed by atoms with Crippen LogP contribution < -0.4 is 5.56 Å². The van der Waals surface area contributed by atoms with Crippen molar-refractivity contribution in [2.75, 3.05) is 0 Å². The number of nitrogens with zero attached hydrogens (tertiary/aromatic N) is 3. The minimum Gasteiger partial charge on any atom is -0.332 e. The maximum Gasteiger partial charge on any atom is 0.262 e. The summed E-state index contributed by atoms with van der Waals surface area (Å²) in [6.45, 7) is 2.15. The Morgan fingerprint density at radius 2 is 2.15 bits per heavy atom. The smallest absolute Gasteiger partial charge is 0.262 e. The Labute approximate surface area is 121 Å². The van der Waals surface area contributed by atoms with E-state index in [0.717, 1.165) is 11.2 Å². The number of aromatic nitrogens is 4. The number of benzene rings is 1. The molecule has 0 atom stereocenters. The standard InChI is InChI=1S/C14H12N4OS.H2/c1-9-15-7-6-10(16-9)8-18-13(19)11-4-2-3-5-12(11)17-14(18)20;/h2-7H,8H2,1H3,(H,17,20);1H. The van der Waals surface area contributed by atoms with Gasteiger partial charge in [-0.2, -0.15) is 0 Å². The Kier molecular flexibility index (Phi) is 3.15. The first-order valence-electron chi connectivity index (χ1n) is 6.15. The molecule has 1 aromatic carbocycles. The van der Waals surface area contributed by atoms with E-state index in [-0.39, 0.29) is 6.99 Å². The van der Waals surface area contributed by atoms with Crippen molar-refractivity contribution in [2.45, 2.75) is 13.5 Å². The van der Waals surface area contributed by atoms with Crippen LogP contribution in [0.2, 0.25) is 0 Å². The van der Waals surface area contributed by atoms with Crippen molar-refractivity contribution in [1.29, 1.82) is 0 Å². The van der Waals surface area contributed by atoms with Crippen LogP contribution in [0, 0.1) is 11.7 Å². The topological polar surface area (TPSA) is 63.6 Å². The molecular formula is C14H14N4OS. The maximum absolute atomic E-state index is 12.5. The maximum atomic E-state index is 12.5. The first-order chi connectivity index (χ1) is 9.65. The van der Waals surface area contributed by atoms with Crippen LogP contribution in [0.25, 0.3) is 10.9 Å². The molecule has 0 fully saturated rings. The van der Waals surface area contributed by atoms with Gasteiger partial charge >= 0.3 is 0 Å². The number of rotatable bonds is 2. The van der Waals surface area contributed by atoms with Crippen LogP contribution in [0.5, 0.6) is 0 Å². The summed E-state index contributed by atoms with van der Waals surface area (Å²) in [5.74, 6) is 0.672. The Morgan fingerprint density at radius 3 is 2.95 bits per heavy atom. The average molecular weight is 286 g/mol. The second-order valence-corrected chi connectivity index (χ2v) is 4.85. The molecule has 2 heterocycles. The molecule has 0 amide bonds. The Hall–Kier alpha value is -2.34. The second-order valence-electron chi connectivity index (χ2n) is 4.46. The first kappa shape index (κ1) is 12.7. The predicted octanol–water partition coefficient (Wildman–Crippen LogP) is 2.45. The van der Waals surface area contributed by atoms with Crippen LogP contribution in [0.3, 0.4) is 0 Å².